The zero-order valence-corrected chi connectivity index (χ0v) is 12.1. The molecule has 1 aromatic rings. The van der Waals surface area contributed by atoms with Crippen molar-refractivity contribution in [1.29, 1.82) is 0 Å². The summed E-state index contributed by atoms with van der Waals surface area (Å²) in [5.74, 6) is -1.20. The number of benzene rings is 1. The lowest BCUT2D eigenvalue weighted by Gasteiger charge is -2.12. The van der Waals surface area contributed by atoms with Gasteiger partial charge in [-0.1, -0.05) is 32.6 Å². The number of halogens is 3. The monoisotopic (exact) mass is 320 g/mol. The van der Waals surface area contributed by atoms with Crippen LogP contribution in [0.1, 0.15) is 44.6 Å². The minimum Gasteiger partial charge on any atom is -0.393 e. The Morgan fingerprint density at radius 3 is 2.61 bits per heavy atom. The van der Waals surface area contributed by atoms with E-state index in [1.807, 2.05) is 0 Å². The highest BCUT2D eigenvalue weighted by atomic mass is 79.9. The molecule has 0 heterocycles. The molecule has 0 aliphatic rings. The van der Waals surface area contributed by atoms with Crippen molar-refractivity contribution in [1.82, 2.24) is 0 Å². The van der Waals surface area contributed by atoms with Gasteiger partial charge in [0.15, 0.2) is 0 Å². The Kier molecular flexibility index (Phi) is 6.79. The van der Waals surface area contributed by atoms with E-state index < -0.39 is 17.7 Å². The van der Waals surface area contributed by atoms with E-state index in [1.54, 1.807) is 0 Å². The summed E-state index contributed by atoms with van der Waals surface area (Å²) >= 11 is 3.02. The first-order valence-corrected chi connectivity index (χ1v) is 7.16. The van der Waals surface area contributed by atoms with E-state index in [0.29, 0.717) is 6.42 Å². The average molecular weight is 321 g/mol. The summed E-state index contributed by atoms with van der Waals surface area (Å²) in [4.78, 5) is 0. The van der Waals surface area contributed by atoms with Crippen LogP contribution in [0, 0.1) is 11.6 Å². The Hall–Kier alpha value is -0.480. The van der Waals surface area contributed by atoms with Gasteiger partial charge in [0.1, 0.15) is 11.6 Å². The third-order valence-corrected chi connectivity index (χ3v) is 3.58. The standard InChI is InChI=1S/C14H19BrF2O/c1-2-3-4-5-6-10(18)9-11-13(16)8-7-12(15)14(11)17/h7-8,10,18H,2-6,9H2,1H3. The summed E-state index contributed by atoms with van der Waals surface area (Å²) in [6.07, 6.45) is 4.15. The molecule has 0 saturated heterocycles. The maximum absolute atomic E-state index is 13.7. The lowest BCUT2D eigenvalue weighted by atomic mass is 10.0. The molecule has 0 aliphatic heterocycles. The SMILES string of the molecule is CCCCCCC(O)Cc1c(F)ccc(Br)c1F. The summed E-state index contributed by atoms with van der Waals surface area (Å²) in [6, 6.07) is 2.55. The van der Waals surface area contributed by atoms with Gasteiger partial charge in [-0.15, -0.1) is 0 Å². The highest BCUT2D eigenvalue weighted by Crippen LogP contribution is 2.23. The first-order chi connectivity index (χ1) is 8.56. The summed E-state index contributed by atoms with van der Waals surface area (Å²) in [5.41, 5.74) is -0.0348. The largest absolute Gasteiger partial charge is 0.393 e. The molecule has 1 unspecified atom stereocenters. The maximum Gasteiger partial charge on any atom is 0.143 e. The lowest BCUT2D eigenvalue weighted by molar-refractivity contribution is 0.158. The van der Waals surface area contributed by atoms with Crippen LogP contribution < -0.4 is 0 Å². The number of aliphatic hydroxyl groups excluding tert-OH is 1. The van der Waals surface area contributed by atoms with Crippen molar-refractivity contribution in [3.63, 3.8) is 0 Å². The predicted octanol–water partition coefficient (Wildman–Crippen LogP) is 4.60. The molecule has 0 aromatic heterocycles. The van der Waals surface area contributed by atoms with E-state index in [-0.39, 0.29) is 16.5 Å². The second-order valence-electron chi connectivity index (χ2n) is 4.53. The van der Waals surface area contributed by atoms with Crippen LogP contribution in [0.4, 0.5) is 8.78 Å². The van der Waals surface area contributed by atoms with Gasteiger partial charge < -0.3 is 5.11 Å². The van der Waals surface area contributed by atoms with Crippen LogP contribution in [0.5, 0.6) is 0 Å². The molecule has 1 atom stereocenters. The zero-order chi connectivity index (χ0) is 13.5. The van der Waals surface area contributed by atoms with Gasteiger partial charge in [0.25, 0.3) is 0 Å². The predicted molar refractivity (Wildman–Crippen MR) is 72.5 cm³/mol. The van der Waals surface area contributed by atoms with Gasteiger partial charge in [0.05, 0.1) is 10.6 Å². The first-order valence-electron chi connectivity index (χ1n) is 6.36. The van der Waals surface area contributed by atoms with Crippen molar-refractivity contribution in [2.45, 2.75) is 51.6 Å². The van der Waals surface area contributed by atoms with Crippen molar-refractivity contribution in [2.75, 3.05) is 0 Å². The van der Waals surface area contributed by atoms with Crippen LogP contribution in [0.2, 0.25) is 0 Å². The third-order valence-electron chi connectivity index (χ3n) is 2.97. The number of hydrogen-bond acceptors (Lipinski definition) is 1. The van der Waals surface area contributed by atoms with Gasteiger partial charge in [0.2, 0.25) is 0 Å². The average Bonchev–Trinajstić information content (AvgIpc) is 2.35. The fourth-order valence-corrected chi connectivity index (χ4v) is 2.27. The van der Waals surface area contributed by atoms with E-state index in [9.17, 15) is 13.9 Å². The van der Waals surface area contributed by atoms with Crippen molar-refractivity contribution in [2.24, 2.45) is 0 Å². The van der Waals surface area contributed by atoms with Gasteiger partial charge in [-0.3, -0.25) is 0 Å². The molecule has 0 bridgehead atoms. The van der Waals surface area contributed by atoms with Crippen LogP contribution in [0.15, 0.2) is 16.6 Å². The Morgan fingerprint density at radius 1 is 1.22 bits per heavy atom. The molecule has 0 spiro atoms. The van der Waals surface area contributed by atoms with Crippen LogP contribution in [-0.2, 0) is 6.42 Å². The Bertz CT molecular complexity index is 382. The quantitative estimate of drug-likeness (QED) is 0.575. The number of unbranched alkanes of at least 4 members (excludes halogenated alkanes) is 3. The van der Waals surface area contributed by atoms with E-state index in [0.717, 1.165) is 25.7 Å². The summed E-state index contributed by atoms with van der Waals surface area (Å²) in [5, 5.41) is 9.79. The fourth-order valence-electron chi connectivity index (χ4n) is 1.90. The third kappa shape index (κ3) is 4.65. The number of hydrogen-bond donors (Lipinski definition) is 1. The van der Waals surface area contributed by atoms with Crippen molar-refractivity contribution < 1.29 is 13.9 Å². The molecule has 1 rings (SSSR count). The van der Waals surface area contributed by atoms with Gasteiger partial charge in [0, 0.05) is 12.0 Å². The summed E-state index contributed by atoms with van der Waals surface area (Å²) in [6.45, 7) is 2.11. The molecule has 4 heteroatoms. The molecular weight excluding hydrogens is 302 g/mol. The van der Waals surface area contributed by atoms with Crippen LogP contribution in [0.25, 0.3) is 0 Å². The number of aliphatic hydroxyl groups is 1. The van der Waals surface area contributed by atoms with E-state index in [4.69, 9.17) is 0 Å². The molecule has 18 heavy (non-hydrogen) atoms. The van der Waals surface area contributed by atoms with Gasteiger partial charge >= 0.3 is 0 Å². The Balaban J connectivity index is 2.54. The molecule has 1 N–H and O–H groups in total. The second-order valence-corrected chi connectivity index (χ2v) is 5.38. The molecule has 0 radical (unpaired) electrons. The molecule has 0 amide bonds. The molecule has 1 aromatic carbocycles. The van der Waals surface area contributed by atoms with E-state index in [2.05, 4.69) is 22.9 Å². The highest BCUT2D eigenvalue weighted by Gasteiger charge is 2.16. The molecule has 0 aliphatic carbocycles. The minimum atomic E-state index is -0.680. The summed E-state index contributed by atoms with van der Waals surface area (Å²) < 4.78 is 27.4. The summed E-state index contributed by atoms with van der Waals surface area (Å²) in [7, 11) is 0. The van der Waals surface area contributed by atoms with Crippen molar-refractivity contribution >= 4 is 15.9 Å². The van der Waals surface area contributed by atoms with Gasteiger partial charge in [-0.05, 0) is 34.5 Å². The zero-order valence-electron chi connectivity index (χ0n) is 10.6. The highest BCUT2D eigenvalue weighted by molar-refractivity contribution is 9.10. The normalized spacial score (nSPS) is 12.7. The van der Waals surface area contributed by atoms with Crippen LogP contribution in [-0.4, -0.2) is 11.2 Å². The molecule has 1 nitrogen and oxygen atoms in total. The van der Waals surface area contributed by atoms with Crippen LogP contribution >= 0.6 is 15.9 Å². The van der Waals surface area contributed by atoms with Gasteiger partial charge in [-0.2, -0.15) is 0 Å². The maximum atomic E-state index is 13.7. The van der Waals surface area contributed by atoms with E-state index in [1.165, 1.54) is 12.1 Å². The molecular formula is C14H19BrF2O. The second kappa shape index (κ2) is 7.85. The Morgan fingerprint density at radius 2 is 1.94 bits per heavy atom. The molecule has 0 fully saturated rings. The lowest BCUT2D eigenvalue weighted by Crippen LogP contribution is -2.13. The smallest absolute Gasteiger partial charge is 0.143 e. The number of rotatable bonds is 7. The van der Waals surface area contributed by atoms with E-state index >= 15 is 0 Å². The van der Waals surface area contributed by atoms with Crippen LogP contribution in [0.3, 0.4) is 0 Å². The molecule has 0 saturated carbocycles. The van der Waals surface area contributed by atoms with Crippen molar-refractivity contribution in [3.8, 4) is 0 Å². The Labute approximate surface area is 115 Å². The topological polar surface area (TPSA) is 20.2 Å². The van der Waals surface area contributed by atoms with Crippen molar-refractivity contribution in [3.05, 3.63) is 33.8 Å². The minimum absolute atomic E-state index is 0.0310. The first kappa shape index (κ1) is 15.6. The molecule has 102 valence electrons. The fraction of sp³-hybridized carbons (Fsp3) is 0.571. The van der Waals surface area contributed by atoms with Gasteiger partial charge in [-0.25, -0.2) is 8.78 Å².